The van der Waals surface area contributed by atoms with Gasteiger partial charge in [0, 0.05) is 19.0 Å². The molecule has 0 spiro atoms. The van der Waals surface area contributed by atoms with E-state index in [1.54, 1.807) is 0 Å². The van der Waals surface area contributed by atoms with Crippen LogP contribution in [0.3, 0.4) is 0 Å². The topological polar surface area (TPSA) is 41.6 Å². The van der Waals surface area contributed by atoms with E-state index >= 15 is 0 Å². The minimum Gasteiger partial charge on any atom is -0.378 e. The van der Waals surface area contributed by atoms with Crippen molar-refractivity contribution in [1.29, 1.82) is 0 Å². The van der Waals surface area contributed by atoms with Crippen LogP contribution in [0.15, 0.2) is 18.2 Å². The van der Waals surface area contributed by atoms with Gasteiger partial charge in [0.2, 0.25) is 5.91 Å². The van der Waals surface area contributed by atoms with Gasteiger partial charge in [0.1, 0.15) is 0 Å². The van der Waals surface area contributed by atoms with E-state index < -0.39 is 0 Å². The number of ether oxygens (including phenoxy) is 1. The van der Waals surface area contributed by atoms with Crippen LogP contribution in [0.4, 0.5) is 11.4 Å². The fraction of sp³-hybridized carbons (Fsp3) is 0.533. The number of halogens is 1. The van der Waals surface area contributed by atoms with Crippen molar-refractivity contribution >= 4 is 28.9 Å². The molecule has 20 heavy (non-hydrogen) atoms. The number of carbonyl (C=O) groups excluding carboxylic acids is 1. The molecule has 1 heterocycles. The number of carbonyl (C=O) groups is 1. The molecule has 0 unspecified atom stereocenters. The lowest BCUT2D eigenvalue weighted by atomic mass is 10.2. The Labute approximate surface area is 124 Å². The first-order chi connectivity index (χ1) is 9.66. The molecule has 0 radical (unpaired) electrons. The second kappa shape index (κ2) is 5.62. The fourth-order valence-corrected chi connectivity index (χ4v) is 2.93. The fourth-order valence-electron chi connectivity index (χ4n) is 2.64. The largest absolute Gasteiger partial charge is 0.378 e. The third-order valence-electron chi connectivity index (χ3n) is 4.02. The summed E-state index contributed by atoms with van der Waals surface area (Å²) >= 11 is 6.34. The molecule has 0 bridgehead atoms. The predicted octanol–water partition coefficient (Wildman–Crippen LogP) is 2.77. The third kappa shape index (κ3) is 2.76. The maximum absolute atomic E-state index is 12.1. The van der Waals surface area contributed by atoms with E-state index in [1.165, 1.54) is 0 Å². The molecule has 1 aliphatic heterocycles. The zero-order chi connectivity index (χ0) is 14.1. The van der Waals surface area contributed by atoms with Gasteiger partial charge in [-0.15, -0.1) is 0 Å². The number of para-hydroxylation sites is 1. The summed E-state index contributed by atoms with van der Waals surface area (Å²) in [5.74, 6) is 0.766. The molecule has 0 aromatic heterocycles. The van der Waals surface area contributed by atoms with Gasteiger partial charge in [0.25, 0.3) is 0 Å². The lowest BCUT2D eigenvalue weighted by Gasteiger charge is -2.31. The summed E-state index contributed by atoms with van der Waals surface area (Å²) in [6.07, 6.45) is 0.985. The van der Waals surface area contributed by atoms with Crippen LogP contribution in [-0.2, 0) is 9.53 Å². The number of morpholine rings is 1. The molecule has 1 saturated heterocycles. The van der Waals surface area contributed by atoms with Crippen LogP contribution in [0.25, 0.3) is 0 Å². The maximum Gasteiger partial charge on any atom is 0.227 e. The summed E-state index contributed by atoms with van der Waals surface area (Å²) in [7, 11) is 0. The number of rotatable bonds is 3. The summed E-state index contributed by atoms with van der Waals surface area (Å²) in [4.78, 5) is 14.3. The Kier molecular flexibility index (Phi) is 3.85. The van der Waals surface area contributed by atoms with Crippen molar-refractivity contribution in [3.05, 3.63) is 23.2 Å². The number of amides is 1. The van der Waals surface area contributed by atoms with E-state index in [9.17, 15) is 4.79 Å². The van der Waals surface area contributed by atoms with Gasteiger partial charge >= 0.3 is 0 Å². The Hall–Kier alpha value is -1.26. The molecule has 2 atom stereocenters. The molecule has 1 N–H and O–H groups in total. The van der Waals surface area contributed by atoms with E-state index in [1.807, 2.05) is 18.2 Å². The molecular weight excluding hydrogens is 276 g/mol. The van der Waals surface area contributed by atoms with Crippen molar-refractivity contribution in [3.63, 3.8) is 0 Å². The number of hydrogen-bond donors (Lipinski definition) is 1. The Balaban J connectivity index is 1.82. The van der Waals surface area contributed by atoms with E-state index in [-0.39, 0.29) is 11.8 Å². The van der Waals surface area contributed by atoms with Crippen LogP contribution in [0, 0.1) is 11.8 Å². The second-order valence-electron chi connectivity index (χ2n) is 5.54. The molecular formula is C15H19ClN2O2. The summed E-state index contributed by atoms with van der Waals surface area (Å²) < 4.78 is 5.37. The third-order valence-corrected chi connectivity index (χ3v) is 4.32. The first-order valence-electron chi connectivity index (χ1n) is 7.09. The highest BCUT2D eigenvalue weighted by Crippen LogP contribution is 2.40. The Bertz CT molecular complexity index is 515. The van der Waals surface area contributed by atoms with E-state index in [0.29, 0.717) is 24.2 Å². The van der Waals surface area contributed by atoms with E-state index in [2.05, 4.69) is 17.1 Å². The lowest BCUT2D eigenvalue weighted by Crippen LogP contribution is -2.37. The minimum atomic E-state index is 0.106. The normalized spacial score (nSPS) is 25.4. The molecule has 4 nitrogen and oxygen atoms in total. The van der Waals surface area contributed by atoms with Gasteiger partial charge in [-0.25, -0.2) is 0 Å². The number of benzene rings is 1. The van der Waals surface area contributed by atoms with Crippen molar-refractivity contribution in [2.45, 2.75) is 13.3 Å². The molecule has 108 valence electrons. The zero-order valence-corrected chi connectivity index (χ0v) is 12.3. The summed E-state index contributed by atoms with van der Waals surface area (Å²) in [6.45, 7) is 5.08. The second-order valence-corrected chi connectivity index (χ2v) is 5.95. The smallest absolute Gasteiger partial charge is 0.227 e. The average molecular weight is 295 g/mol. The number of hydrogen-bond acceptors (Lipinski definition) is 3. The van der Waals surface area contributed by atoms with E-state index in [4.69, 9.17) is 16.3 Å². The van der Waals surface area contributed by atoms with Gasteiger partial charge in [-0.3, -0.25) is 4.79 Å². The Morgan fingerprint density at radius 2 is 2.10 bits per heavy atom. The van der Waals surface area contributed by atoms with Crippen LogP contribution in [0.2, 0.25) is 5.02 Å². The Morgan fingerprint density at radius 1 is 1.40 bits per heavy atom. The van der Waals surface area contributed by atoms with E-state index in [0.717, 1.165) is 30.9 Å². The molecule has 2 aliphatic rings. The molecule has 1 amide bonds. The van der Waals surface area contributed by atoms with Gasteiger partial charge in [0.05, 0.1) is 29.6 Å². The number of nitrogens with zero attached hydrogens (tertiary/aromatic N) is 1. The van der Waals surface area contributed by atoms with Gasteiger partial charge in [-0.2, -0.15) is 0 Å². The molecule has 1 aromatic carbocycles. The summed E-state index contributed by atoms with van der Waals surface area (Å²) in [5, 5.41) is 3.71. The molecule has 5 heteroatoms. The van der Waals surface area contributed by atoms with Crippen molar-refractivity contribution in [1.82, 2.24) is 0 Å². The molecule has 1 aliphatic carbocycles. The average Bonchev–Trinajstić information content (AvgIpc) is 3.17. The molecule has 2 fully saturated rings. The highest BCUT2D eigenvalue weighted by molar-refractivity contribution is 6.34. The highest BCUT2D eigenvalue weighted by atomic mass is 35.5. The minimum absolute atomic E-state index is 0.106. The van der Waals surface area contributed by atoms with Crippen LogP contribution < -0.4 is 10.2 Å². The van der Waals surface area contributed by atoms with Gasteiger partial charge < -0.3 is 15.0 Å². The first-order valence-corrected chi connectivity index (χ1v) is 7.46. The first kappa shape index (κ1) is 13.7. The standard InChI is InChI=1S/C15H19ClN2O2/c1-10-9-11(10)15(19)17-13-4-2-3-12(16)14(13)18-5-7-20-8-6-18/h2-4,10-11H,5-9H2,1H3,(H,17,19)/t10-,11-/m1/s1. The monoisotopic (exact) mass is 294 g/mol. The predicted molar refractivity (Wildman–Crippen MR) is 80.4 cm³/mol. The molecule has 1 aromatic rings. The highest BCUT2D eigenvalue weighted by Gasteiger charge is 2.39. The van der Waals surface area contributed by atoms with Gasteiger partial charge in [0.15, 0.2) is 0 Å². The molecule has 1 saturated carbocycles. The van der Waals surface area contributed by atoms with Gasteiger partial charge in [-0.1, -0.05) is 24.6 Å². The quantitative estimate of drug-likeness (QED) is 0.932. The van der Waals surface area contributed by atoms with Crippen LogP contribution in [0.5, 0.6) is 0 Å². The van der Waals surface area contributed by atoms with Crippen LogP contribution >= 0.6 is 11.6 Å². The van der Waals surface area contributed by atoms with Crippen molar-refractivity contribution in [2.24, 2.45) is 11.8 Å². The summed E-state index contributed by atoms with van der Waals surface area (Å²) in [6, 6.07) is 5.65. The van der Waals surface area contributed by atoms with Crippen molar-refractivity contribution in [2.75, 3.05) is 36.5 Å². The number of anilines is 2. The van der Waals surface area contributed by atoms with Crippen molar-refractivity contribution in [3.8, 4) is 0 Å². The maximum atomic E-state index is 12.1. The van der Waals surface area contributed by atoms with Crippen LogP contribution in [-0.4, -0.2) is 32.2 Å². The number of nitrogens with one attached hydrogen (secondary N) is 1. The van der Waals surface area contributed by atoms with Crippen molar-refractivity contribution < 1.29 is 9.53 Å². The van der Waals surface area contributed by atoms with Gasteiger partial charge in [-0.05, 0) is 24.5 Å². The molecule has 3 rings (SSSR count). The Morgan fingerprint density at radius 3 is 2.75 bits per heavy atom. The lowest BCUT2D eigenvalue weighted by molar-refractivity contribution is -0.117. The van der Waals surface area contributed by atoms with Crippen LogP contribution in [0.1, 0.15) is 13.3 Å². The SMILES string of the molecule is C[C@@H]1C[C@H]1C(=O)Nc1cccc(Cl)c1N1CCOCC1. The summed E-state index contributed by atoms with van der Waals surface area (Å²) in [5.41, 5.74) is 1.72. The zero-order valence-electron chi connectivity index (χ0n) is 11.6.